The smallest absolute Gasteiger partial charge is 0.261 e. The van der Waals surface area contributed by atoms with Crippen LogP contribution in [0.25, 0.3) is 10.8 Å². The maximum atomic E-state index is 11.2. The molecule has 0 saturated heterocycles. The van der Waals surface area contributed by atoms with Crippen molar-refractivity contribution in [1.29, 1.82) is 0 Å². The Bertz CT molecular complexity index is 584. The number of furan rings is 1. The Hall–Kier alpha value is -2.34. The number of carbonyl (C=O) groups is 2. The highest BCUT2D eigenvalue weighted by molar-refractivity contribution is 6.35. The van der Waals surface area contributed by atoms with Crippen LogP contribution in [-0.4, -0.2) is 12.1 Å². The summed E-state index contributed by atoms with van der Waals surface area (Å²) < 4.78 is 5.02. The number of aldehydes is 1. The van der Waals surface area contributed by atoms with E-state index >= 15 is 0 Å². The van der Waals surface area contributed by atoms with Crippen molar-refractivity contribution in [2.45, 2.75) is 0 Å². The van der Waals surface area contributed by atoms with Gasteiger partial charge >= 0.3 is 0 Å². The Morgan fingerprint density at radius 3 is 2.93 bits per heavy atom. The lowest BCUT2D eigenvalue weighted by Gasteiger charge is -1.92. The third-order valence-electron chi connectivity index (χ3n) is 2.10. The Morgan fingerprint density at radius 2 is 2.27 bits per heavy atom. The van der Waals surface area contributed by atoms with Crippen LogP contribution in [0.4, 0.5) is 0 Å². The summed E-state index contributed by atoms with van der Waals surface area (Å²) in [7, 11) is 0. The lowest BCUT2D eigenvalue weighted by molar-refractivity contribution is -0.104. The molecule has 0 unspecified atom stereocenters. The molecule has 0 amide bonds. The van der Waals surface area contributed by atoms with Crippen LogP contribution in [-0.2, 0) is 4.79 Å². The second-order valence-electron chi connectivity index (χ2n) is 2.99. The van der Waals surface area contributed by atoms with Crippen molar-refractivity contribution in [1.82, 2.24) is 0 Å². The summed E-state index contributed by atoms with van der Waals surface area (Å²) >= 11 is 0. The van der Waals surface area contributed by atoms with Gasteiger partial charge in [-0.25, -0.2) is 0 Å². The molecule has 2 rings (SSSR count). The van der Waals surface area contributed by atoms with Crippen LogP contribution in [0.5, 0.6) is 0 Å². The molecule has 0 atom stereocenters. The Balaban J connectivity index is 2.72. The molecule has 0 bridgehead atoms. The van der Waals surface area contributed by atoms with Crippen molar-refractivity contribution < 1.29 is 14.0 Å². The van der Waals surface area contributed by atoms with E-state index in [1.54, 1.807) is 18.2 Å². The Labute approximate surface area is 85.7 Å². The number of hydrogen-bond donors (Lipinski definition) is 0. The van der Waals surface area contributed by atoms with Crippen molar-refractivity contribution in [3.63, 3.8) is 0 Å². The molecule has 1 aromatic carbocycles. The summed E-state index contributed by atoms with van der Waals surface area (Å²) in [6, 6.07) is 5.14. The van der Waals surface area contributed by atoms with Gasteiger partial charge in [0.15, 0.2) is 12.0 Å². The highest BCUT2D eigenvalue weighted by Gasteiger charge is 2.13. The van der Waals surface area contributed by atoms with Gasteiger partial charge in [-0.1, -0.05) is 5.92 Å². The topological polar surface area (TPSA) is 47.3 Å². The van der Waals surface area contributed by atoms with E-state index in [4.69, 9.17) is 10.8 Å². The van der Waals surface area contributed by atoms with Gasteiger partial charge in [0.05, 0.1) is 6.26 Å². The van der Waals surface area contributed by atoms with Gasteiger partial charge in [0.2, 0.25) is 0 Å². The molecule has 2 aromatic rings. The average molecular weight is 198 g/mol. The fourth-order valence-electron chi connectivity index (χ4n) is 1.38. The molecule has 0 aliphatic carbocycles. The van der Waals surface area contributed by atoms with Crippen molar-refractivity contribution >= 4 is 22.8 Å². The lowest BCUT2D eigenvalue weighted by atomic mass is 10.1. The predicted molar refractivity (Wildman–Crippen MR) is 54.5 cm³/mol. The minimum absolute atomic E-state index is 0.0390. The number of carbonyl (C=O) groups excluding carboxylic acids is 2. The number of fused-ring (bicyclic) bond motifs is 1. The molecule has 0 N–H and O–H groups in total. The Morgan fingerprint density at radius 1 is 1.47 bits per heavy atom. The van der Waals surface area contributed by atoms with Crippen molar-refractivity contribution in [2.75, 3.05) is 0 Å². The lowest BCUT2D eigenvalue weighted by Crippen LogP contribution is -1.97. The molecule has 0 spiro atoms. The maximum absolute atomic E-state index is 11.2. The second kappa shape index (κ2) is 3.43. The number of ketones is 1. The van der Waals surface area contributed by atoms with Gasteiger partial charge < -0.3 is 4.42 Å². The van der Waals surface area contributed by atoms with Gasteiger partial charge in [-0.3, -0.25) is 9.59 Å². The molecule has 0 aliphatic heterocycles. The third-order valence-corrected chi connectivity index (χ3v) is 2.10. The maximum Gasteiger partial charge on any atom is 0.261 e. The fraction of sp³-hybridized carbons (Fsp3) is 0. The van der Waals surface area contributed by atoms with Gasteiger partial charge in [-0.2, -0.15) is 0 Å². The zero-order chi connectivity index (χ0) is 10.8. The molecule has 15 heavy (non-hydrogen) atoms. The summed E-state index contributed by atoms with van der Waals surface area (Å²) in [6.45, 7) is 0. The van der Waals surface area contributed by atoms with E-state index in [0.29, 0.717) is 10.9 Å². The predicted octanol–water partition coefficient (Wildman–Crippen LogP) is 1.80. The number of rotatable bonds is 2. The molecular weight excluding hydrogens is 192 g/mol. The van der Waals surface area contributed by atoms with Gasteiger partial charge in [0, 0.05) is 16.3 Å². The minimum Gasteiger partial charge on any atom is -0.459 e. The zero-order valence-corrected chi connectivity index (χ0v) is 7.69. The van der Waals surface area contributed by atoms with E-state index in [1.807, 2.05) is 0 Å². The van der Waals surface area contributed by atoms with Crippen molar-refractivity contribution in [2.24, 2.45) is 0 Å². The molecule has 72 valence electrons. The van der Waals surface area contributed by atoms with Crippen LogP contribution in [0, 0.1) is 12.3 Å². The molecule has 0 radical (unpaired) electrons. The molecule has 1 heterocycles. The highest BCUT2D eigenvalue weighted by Crippen LogP contribution is 2.22. The summed E-state index contributed by atoms with van der Waals surface area (Å²) in [4.78, 5) is 21.5. The molecule has 1 aromatic heterocycles. The molecule has 3 nitrogen and oxygen atoms in total. The van der Waals surface area contributed by atoms with Crippen LogP contribution >= 0.6 is 0 Å². The molecule has 0 fully saturated rings. The summed E-state index contributed by atoms with van der Waals surface area (Å²) in [5.41, 5.74) is 0.642. The van der Waals surface area contributed by atoms with Crippen LogP contribution in [0.3, 0.4) is 0 Å². The van der Waals surface area contributed by atoms with Gasteiger partial charge in [-0.15, -0.1) is 6.42 Å². The summed E-state index contributed by atoms with van der Waals surface area (Å²) in [6.07, 6.45) is 6.88. The van der Waals surface area contributed by atoms with E-state index < -0.39 is 5.78 Å². The quantitative estimate of drug-likeness (QED) is 0.320. The first-order valence-corrected chi connectivity index (χ1v) is 4.23. The fourth-order valence-corrected chi connectivity index (χ4v) is 1.38. The number of benzene rings is 1. The minimum atomic E-state index is -0.681. The highest BCUT2D eigenvalue weighted by atomic mass is 16.3. The molecule has 0 aliphatic rings. The first-order valence-electron chi connectivity index (χ1n) is 4.23. The SMILES string of the molecule is C#Cc1ccc2coc(C(=O)C=O)c2c1. The first-order chi connectivity index (χ1) is 7.26. The standard InChI is InChI=1S/C12H6O3/c1-2-8-3-4-9-7-15-12(10(9)5-8)11(14)6-13/h1,3-7H. The number of Topliss-reactive ketones (excluding diaryl/α,β-unsaturated/α-hetero) is 1. The van der Waals surface area contributed by atoms with E-state index in [-0.39, 0.29) is 12.0 Å². The number of terminal acetylenes is 1. The van der Waals surface area contributed by atoms with E-state index in [1.165, 1.54) is 6.26 Å². The zero-order valence-electron chi connectivity index (χ0n) is 7.69. The molecule has 0 saturated carbocycles. The monoisotopic (exact) mass is 198 g/mol. The van der Waals surface area contributed by atoms with E-state index in [0.717, 1.165) is 5.39 Å². The first kappa shape index (κ1) is 9.22. The molecular formula is C12H6O3. The Kier molecular flexibility index (Phi) is 2.11. The van der Waals surface area contributed by atoms with E-state index in [9.17, 15) is 9.59 Å². The van der Waals surface area contributed by atoms with Crippen molar-refractivity contribution in [3.05, 3.63) is 35.8 Å². The van der Waals surface area contributed by atoms with E-state index in [2.05, 4.69) is 5.92 Å². The van der Waals surface area contributed by atoms with Gasteiger partial charge in [0.1, 0.15) is 0 Å². The van der Waals surface area contributed by atoms with Crippen LogP contribution < -0.4 is 0 Å². The van der Waals surface area contributed by atoms with Crippen LogP contribution in [0.1, 0.15) is 16.1 Å². The summed E-state index contributed by atoms with van der Waals surface area (Å²) in [5, 5.41) is 1.32. The van der Waals surface area contributed by atoms with Crippen LogP contribution in [0.2, 0.25) is 0 Å². The largest absolute Gasteiger partial charge is 0.459 e. The summed E-state index contributed by atoms with van der Waals surface area (Å²) in [5.74, 6) is 1.81. The second-order valence-corrected chi connectivity index (χ2v) is 2.99. The van der Waals surface area contributed by atoms with Gasteiger partial charge in [0.25, 0.3) is 5.78 Å². The van der Waals surface area contributed by atoms with Crippen LogP contribution in [0.15, 0.2) is 28.9 Å². The number of hydrogen-bond acceptors (Lipinski definition) is 3. The third kappa shape index (κ3) is 1.42. The molecule has 3 heteroatoms. The average Bonchev–Trinajstić information content (AvgIpc) is 2.70. The van der Waals surface area contributed by atoms with Crippen molar-refractivity contribution in [3.8, 4) is 12.3 Å². The normalized spacial score (nSPS) is 9.80. The van der Waals surface area contributed by atoms with Gasteiger partial charge in [-0.05, 0) is 18.2 Å².